The number of hydrogen-bond donors (Lipinski definition) is 1. The second-order valence-electron chi connectivity index (χ2n) is 7.97. The zero-order valence-electron chi connectivity index (χ0n) is 16.9. The van der Waals surface area contributed by atoms with Gasteiger partial charge in [-0.2, -0.15) is 13.2 Å². The Morgan fingerprint density at radius 3 is 1.85 bits per heavy atom. The van der Waals surface area contributed by atoms with Crippen molar-refractivity contribution in [2.75, 3.05) is 7.05 Å². The molecule has 0 saturated heterocycles. The van der Waals surface area contributed by atoms with Crippen LogP contribution in [0.4, 0.5) is 22.0 Å². The van der Waals surface area contributed by atoms with Crippen LogP contribution in [-0.4, -0.2) is 18.8 Å². The Labute approximate surface area is 158 Å². The molecule has 154 valence electrons. The summed E-state index contributed by atoms with van der Waals surface area (Å²) < 4.78 is 67.2. The highest BCUT2D eigenvalue weighted by molar-refractivity contribution is 5.87. The van der Waals surface area contributed by atoms with Gasteiger partial charge in [0.2, 0.25) is 0 Å². The zero-order chi connectivity index (χ0) is 21.2. The quantitative estimate of drug-likeness (QED) is 0.437. The van der Waals surface area contributed by atoms with Gasteiger partial charge in [0.1, 0.15) is 0 Å². The van der Waals surface area contributed by atoms with Crippen LogP contribution >= 0.6 is 0 Å². The molecule has 0 heterocycles. The van der Waals surface area contributed by atoms with Crippen LogP contribution in [0.15, 0.2) is 23.2 Å². The number of nitrogens with one attached hydrogen (secondary N) is 1. The number of nitrogens with zero attached hydrogens (tertiary/aromatic N) is 1. The lowest BCUT2D eigenvalue weighted by Gasteiger charge is -2.27. The van der Waals surface area contributed by atoms with Gasteiger partial charge in [0, 0.05) is 24.2 Å². The lowest BCUT2D eigenvalue weighted by Crippen LogP contribution is -2.35. The van der Waals surface area contributed by atoms with E-state index in [0.29, 0.717) is 18.9 Å². The molecule has 0 saturated carbocycles. The average molecular weight is 392 g/mol. The summed E-state index contributed by atoms with van der Waals surface area (Å²) in [6, 6.07) is 2.49. The molecule has 0 fully saturated rings. The van der Waals surface area contributed by atoms with E-state index in [0.717, 1.165) is 24.3 Å². The maximum Gasteiger partial charge on any atom is 0.416 e. The summed E-state index contributed by atoms with van der Waals surface area (Å²) in [4.78, 5) is 4.59. The highest BCUT2D eigenvalue weighted by Gasteiger charge is 2.36. The van der Waals surface area contributed by atoms with Gasteiger partial charge in [-0.15, -0.1) is 0 Å². The summed E-state index contributed by atoms with van der Waals surface area (Å²) in [6.07, 6.45) is -3.90. The van der Waals surface area contributed by atoms with Gasteiger partial charge in [0.05, 0.1) is 11.1 Å². The first-order valence-electron chi connectivity index (χ1n) is 8.92. The van der Waals surface area contributed by atoms with Crippen LogP contribution in [-0.2, 0) is 17.6 Å². The number of benzene rings is 1. The highest BCUT2D eigenvalue weighted by Crippen LogP contribution is 2.38. The van der Waals surface area contributed by atoms with Crippen LogP contribution in [0.5, 0.6) is 0 Å². The van der Waals surface area contributed by atoms with Crippen molar-refractivity contribution in [1.82, 2.24) is 5.32 Å². The predicted molar refractivity (Wildman–Crippen MR) is 99.4 cm³/mol. The number of aliphatic imine (C=N–C) groups is 1. The van der Waals surface area contributed by atoms with Crippen molar-refractivity contribution >= 4 is 5.71 Å². The van der Waals surface area contributed by atoms with Crippen LogP contribution in [0.2, 0.25) is 0 Å². The van der Waals surface area contributed by atoms with Gasteiger partial charge in [-0.1, -0.05) is 13.8 Å². The van der Waals surface area contributed by atoms with E-state index in [1.165, 1.54) is 0 Å². The molecule has 0 spiro atoms. The predicted octanol–water partition coefficient (Wildman–Crippen LogP) is 6.15. The summed E-state index contributed by atoms with van der Waals surface area (Å²) in [7, 11) is 1.79. The lowest BCUT2D eigenvalue weighted by atomic mass is 9.89. The van der Waals surface area contributed by atoms with E-state index in [4.69, 9.17) is 0 Å². The first-order chi connectivity index (χ1) is 12.1. The molecule has 0 aliphatic rings. The molecular weight excluding hydrogens is 363 g/mol. The highest BCUT2D eigenvalue weighted by atomic mass is 19.4. The Hall–Kier alpha value is -1.50. The van der Waals surface area contributed by atoms with Crippen LogP contribution in [0.25, 0.3) is 0 Å². The van der Waals surface area contributed by atoms with E-state index in [-0.39, 0.29) is 11.6 Å². The van der Waals surface area contributed by atoms with Crippen molar-refractivity contribution in [2.24, 2.45) is 10.9 Å². The largest absolute Gasteiger partial charge is 0.416 e. The van der Waals surface area contributed by atoms with Crippen molar-refractivity contribution in [3.05, 3.63) is 34.9 Å². The molecule has 0 aliphatic heterocycles. The van der Waals surface area contributed by atoms with E-state index < -0.39 is 28.8 Å². The average Bonchev–Trinajstić information content (AvgIpc) is 2.49. The molecular formula is C20H29F5N2. The molecule has 1 N–H and O–H groups in total. The standard InChI is InChI=1S/C20H29F5N2/c1-12(2)8-17(26-7)13(3)27-18(4,5)14-9-15(19(6,21)22)11-16(10-14)20(23,24)25/h9-12,17,26H,8H2,1-7H3. The fourth-order valence-electron chi connectivity index (χ4n) is 2.95. The Balaban J connectivity index is 3.46. The molecule has 1 atom stereocenters. The molecule has 0 amide bonds. The van der Waals surface area contributed by atoms with Gasteiger partial charge >= 0.3 is 6.18 Å². The number of alkyl halides is 5. The van der Waals surface area contributed by atoms with Gasteiger partial charge in [0.25, 0.3) is 5.92 Å². The number of hydrogen-bond acceptors (Lipinski definition) is 2. The minimum Gasteiger partial charge on any atom is -0.312 e. The van der Waals surface area contributed by atoms with Crippen molar-refractivity contribution in [1.29, 1.82) is 0 Å². The minimum atomic E-state index is -4.71. The molecule has 0 bridgehead atoms. The van der Waals surface area contributed by atoms with Crippen LogP contribution in [0, 0.1) is 5.92 Å². The third-order valence-electron chi connectivity index (χ3n) is 4.49. The van der Waals surface area contributed by atoms with Crippen LogP contribution in [0.3, 0.4) is 0 Å². The Morgan fingerprint density at radius 2 is 1.44 bits per heavy atom. The summed E-state index contributed by atoms with van der Waals surface area (Å²) in [5.74, 6) is -2.98. The summed E-state index contributed by atoms with van der Waals surface area (Å²) in [6.45, 7) is 9.77. The zero-order valence-corrected chi connectivity index (χ0v) is 16.9. The number of rotatable bonds is 7. The molecule has 1 unspecified atom stereocenters. The second kappa shape index (κ2) is 8.25. The van der Waals surface area contributed by atoms with E-state index in [2.05, 4.69) is 24.2 Å². The smallest absolute Gasteiger partial charge is 0.312 e. The second-order valence-corrected chi connectivity index (χ2v) is 7.97. The van der Waals surface area contributed by atoms with Gasteiger partial charge < -0.3 is 5.32 Å². The Bertz CT molecular complexity index is 638. The molecule has 27 heavy (non-hydrogen) atoms. The van der Waals surface area contributed by atoms with Gasteiger partial charge in [-0.25, -0.2) is 8.78 Å². The van der Waals surface area contributed by atoms with E-state index in [1.807, 2.05) is 0 Å². The third-order valence-corrected chi connectivity index (χ3v) is 4.49. The first-order valence-corrected chi connectivity index (χ1v) is 8.92. The number of halogens is 5. The van der Waals surface area contributed by atoms with Gasteiger partial charge in [0.15, 0.2) is 0 Å². The fourth-order valence-corrected chi connectivity index (χ4v) is 2.95. The molecule has 1 aromatic carbocycles. The van der Waals surface area contributed by atoms with E-state index in [1.54, 1.807) is 27.8 Å². The van der Waals surface area contributed by atoms with Gasteiger partial charge in [-0.05, 0) is 63.9 Å². The maximum absolute atomic E-state index is 13.8. The molecule has 2 nitrogen and oxygen atoms in total. The van der Waals surface area contributed by atoms with Gasteiger partial charge in [-0.3, -0.25) is 4.99 Å². The molecule has 7 heteroatoms. The lowest BCUT2D eigenvalue weighted by molar-refractivity contribution is -0.137. The topological polar surface area (TPSA) is 24.4 Å². The molecule has 0 aromatic heterocycles. The maximum atomic E-state index is 13.8. The monoisotopic (exact) mass is 392 g/mol. The normalized spacial score (nSPS) is 15.4. The minimum absolute atomic E-state index is 0.0397. The molecule has 0 aliphatic carbocycles. The Morgan fingerprint density at radius 1 is 0.963 bits per heavy atom. The van der Waals surface area contributed by atoms with Crippen molar-refractivity contribution in [3.8, 4) is 0 Å². The van der Waals surface area contributed by atoms with Crippen molar-refractivity contribution in [3.63, 3.8) is 0 Å². The first kappa shape index (κ1) is 23.5. The fraction of sp³-hybridized carbons (Fsp3) is 0.650. The summed E-state index contributed by atoms with van der Waals surface area (Å²) in [5, 5.41) is 3.15. The SMILES string of the molecule is CNC(CC(C)C)C(C)=NC(C)(C)c1cc(C(C)(F)F)cc(C(F)(F)F)c1. The molecule has 0 radical (unpaired) electrons. The summed E-state index contributed by atoms with van der Waals surface area (Å²) >= 11 is 0. The van der Waals surface area contributed by atoms with Crippen molar-refractivity contribution in [2.45, 2.75) is 71.6 Å². The summed E-state index contributed by atoms with van der Waals surface area (Å²) in [5.41, 5.74) is -2.02. The molecule has 1 rings (SSSR count). The van der Waals surface area contributed by atoms with Crippen molar-refractivity contribution < 1.29 is 22.0 Å². The Kier molecular flexibility index (Phi) is 7.19. The van der Waals surface area contributed by atoms with E-state index >= 15 is 0 Å². The van der Waals surface area contributed by atoms with E-state index in [9.17, 15) is 22.0 Å². The third kappa shape index (κ3) is 6.55. The van der Waals surface area contributed by atoms with Crippen LogP contribution < -0.4 is 5.32 Å². The van der Waals surface area contributed by atoms with Crippen LogP contribution in [0.1, 0.15) is 64.7 Å². The molecule has 1 aromatic rings.